The number of anilines is 1. The predicted octanol–water partition coefficient (Wildman–Crippen LogP) is 4.06. The summed E-state index contributed by atoms with van der Waals surface area (Å²) in [5.74, 6) is -0.137. The van der Waals surface area contributed by atoms with Crippen LogP contribution in [0, 0.1) is 6.92 Å². The summed E-state index contributed by atoms with van der Waals surface area (Å²) in [6.07, 6.45) is 1.72. The molecule has 0 aliphatic rings. The summed E-state index contributed by atoms with van der Waals surface area (Å²) in [5, 5.41) is 0. The summed E-state index contributed by atoms with van der Waals surface area (Å²) in [5.41, 5.74) is 1.75. The van der Waals surface area contributed by atoms with Crippen LogP contribution in [0.1, 0.15) is 42.6 Å². The molecule has 0 bridgehead atoms. The van der Waals surface area contributed by atoms with Gasteiger partial charge in [0.25, 0.3) is 15.9 Å². The molecule has 0 atom stereocenters. The van der Waals surface area contributed by atoms with Gasteiger partial charge in [-0.15, -0.1) is 0 Å². The third-order valence-electron chi connectivity index (χ3n) is 4.05. The van der Waals surface area contributed by atoms with E-state index in [0.717, 1.165) is 18.4 Å². The number of amides is 1. The minimum Gasteiger partial charge on any atom is -0.339 e. The second-order valence-electron chi connectivity index (χ2n) is 6.24. The van der Waals surface area contributed by atoms with Crippen LogP contribution in [0.15, 0.2) is 53.4 Å². The van der Waals surface area contributed by atoms with E-state index in [1.165, 1.54) is 12.1 Å². The molecule has 6 heteroatoms. The van der Waals surface area contributed by atoms with E-state index in [0.29, 0.717) is 24.3 Å². The zero-order valence-corrected chi connectivity index (χ0v) is 16.3. The van der Waals surface area contributed by atoms with Crippen LogP contribution in [0.3, 0.4) is 0 Å². The van der Waals surface area contributed by atoms with Gasteiger partial charge in [-0.2, -0.15) is 0 Å². The van der Waals surface area contributed by atoms with Crippen LogP contribution in [0.4, 0.5) is 5.69 Å². The Balaban J connectivity index is 2.30. The second kappa shape index (κ2) is 8.85. The molecule has 2 rings (SSSR count). The molecule has 0 unspecified atom stereocenters. The Morgan fingerprint density at radius 2 is 1.65 bits per heavy atom. The van der Waals surface area contributed by atoms with Crippen molar-refractivity contribution in [2.45, 2.75) is 38.5 Å². The molecule has 2 aromatic rings. The van der Waals surface area contributed by atoms with E-state index < -0.39 is 10.0 Å². The number of nitrogens with zero attached hydrogens (tertiary/aromatic N) is 1. The van der Waals surface area contributed by atoms with E-state index in [9.17, 15) is 13.2 Å². The van der Waals surface area contributed by atoms with Gasteiger partial charge in [-0.05, 0) is 49.6 Å². The van der Waals surface area contributed by atoms with Crippen LogP contribution in [0.2, 0.25) is 0 Å². The molecule has 1 amide bonds. The predicted molar refractivity (Wildman–Crippen MR) is 105 cm³/mol. The normalized spacial score (nSPS) is 11.2. The first-order chi connectivity index (χ1) is 12.4. The van der Waals surface area contributed by atoms with E-state index >= 15 is 0 Å². The van der Waals surface area contributed by atoms with Crippen LogP contribution in [0.5, 0.6) is 0 Å². The molecule has 0 aliphatic carbocycles. The summed E-state index contributed by atoms with van der Waals surface area (Å²) < 4.78 is 28.0. The molecular weight excluding hydrogens is 348 g/mol. The highest BCUT2D eigenvalue weighted by molar-refractivity contribution is 7.92. The number of benzene rings is 2. The molecule has 2 aromatic carbocycles. The average molecular weight is 375 g/mol. The van der Waals surface area contributed by atoms with Gasteiger partial charge in [0.15, 0.2) is 0 Å². The lowest BCUT2D eigenvalue weighted by Crippen LogP contribution is -2.32. The van der Waals surface area contributed by atoms with Gasteiger partial charge in [0.1, 0.15) is 0 Å². The van der Waals surface area contributed by atoms with Crippen LogP contribution in [-0.2, 0) is 10.0 Å². The lowest BCUT2D eigenvalue weighted by Gasteiger charge is -2.21. The molecule has 0 radical (unpaired) electrons. The summed E-state index contributed by atoms with van der Waals surface area (Å²) in [4.78, 5) is 14.6. The summed E-state index contributed by atoms with van der Waals surface area (Å²) in [6.45, 7) is 7.19. The standard InChI is InChI=1S/C20H26N2O3S/c1-4-13-22(14-5-2)20(23)17-10-8-11-18(15-17)26(24,25)21-19-12-7-6-9-16(19)3/h6-12,15,21H,4-5,13-14H2,1-3H3. The Kier molecular flexibility index (Phi) is 6.80. The van der Waals surface area contributed by atoms with Crippen molar-refractivity contribution in [3.63, 3.8) is 0 Å². The zero-order valence-electron chi connectivity index (χ0n) is 15.5. The lowest BCUT2D eigenvalue weighted by molar-refractivity contribution is 0.0755. The van der Waals surface area contributed by atoms with Gasteiger partial charge in [-0.1, -0.05) is 38.1 Å². The number of nitrogens with one attached hydrogen (secondary N) is 1. The van der Waals surface area contributed by atoms with Crippen molar-refractivity contribution in [2.75, 3.05) is 17.8 Å². The number of carbonyl (C=O) groups excluding carboxylic acids is 1. The maximum atomic E-state index is 12.7. The van der Waals surface area contributed by atoms with Gasteiger partial charge in [-0.25, -0.2) is 8.42 Å². The van der Waals surface area contributed by atoms with Crippen molar-refractivity contribution in [3.8, 4) is 0 Å². The Morgan fingerprint density at radius 3 is 2.27 bits per heavy atom. The summed E-state index contributed by atoms with van der Waals surface area (Å²) in [6, 6.07) is 13.4. The van der Waals surface area contributed by atoms with Gasteiger partial charge >= 0.3 is 0 Å². The third kappa shape index (κ3) is 4.85. The second-order valence-corrected chi connectivity index (χ2v) is 7.92. The number of para-hydroxylation sites is 1. The monoisotopic (exact) mass is 374 g/mol. The Labute approximate surface area is 156 Å². The first-order valence-corrected chi connectivity index (χ1v) is 10.3. The molecule has 26 heavy (non-hydrogen) atoms. The summed E-state index contributed by atoms with van der Waals surface area (Å²) in [7, 11) is -3.76. The topological polar surface area (TPSA) is 66.5 Å². The molecule has 0 aromatic heterocycles. The fourth-order valence-electron chi connectivity index (χ4n) is 2.72. The molecule has 0 heterocycles. The van der Waals surface area contributed by atoms with E-state index in [-0.39, 0.29) is 10.8 Å². The van der Waals surface area contributed by atoms with Crippen molar-refractivity contribution < 1.29 is 13.2 Å². The third-order valence-corrected chi connectivity index (χ3v) is 5.42. The van der Waals surface area contributed by atoms with Crippen molar-refractivity contribution in [1.82, 2.24) is 4.90 Å². The Bertz CT molecular complexity index is 857. The van der Waals surface area contributed by atoms with E-state index in [2.05, 4.69) is 4.72 Å². The average Bonchev–Trinajstić information content (AvgIpc) is 2.63. The number of sulfonamides is 1. The van der Waals surface area contributed by atoms with Crippen molar-refractivity contribution >= 4 is 21.6 Å². The molecule has 0 fully saturated rings. The smallest absolute Gasteiger partial charge is 0.261 e. The molecular formula is C20H26N2O3S. The van der Waals surface area contributed by atoms with Crippen LogP contribution in [-0.4, -0.2) is 32.3 Å². The van der Waals surface area contributed by atoms with Gasteiger partial charge in [0.2, 0.25) is 0 Å². The fourth-order valence-corrected chi connectivity index (χ4v) is 3.90. The highest BCUT2D eigenvalue weighted by Crippen LogP contribution is 2.20. The van der Waals surface area contributed by atoms with Crippen molar-refractivity contribution in [3.05, 3.63) is 59.7 Å². The molecule has 140 valence electrons. The maximum absolute atomic E-state index is 12.7. The molecule has 0 spiro atoms. The fraction of sp³-hybridized carbons (Fsp3) is 0.350. The van der Waals surface area contributed by atoms with Crippen molar-refractivity contribution in [2.24, 2.45) is 0 Å². The highest BCUT2D eigenvalue weighted by Gasteiger charge is 2.19. The molecule has 0 saturated heterocycles. The number of carbonyl (C=O) groups is 1. The number of aryl methyl sites for hydroxylation is 1. The minimum atomic E-state index is -3.76. The Morgan fingerprint density at radius 1 is 1.00 bits per heavy atom. The molecule has 5 nitrogen and oxygen atoms in total. The highest BCUT2D eigenvalue weighted by atomic mass is 32.2. The summed E-state index contributed by atoms with van der Waals surface area (Å²) >= 11 is 0. The molecule has 0 saturated carbocycles. The largest absolute Gasteiger partial charge is 0.339 e. The Hall–Kier alpha value is -2.34. The molecule has 0 aliphatic heterocycles. The minimum absolute atomic E-state index is 0.0829. The SMILES string of the molecule is CCCN(CCC)C(=O)c1cccc(S(=O)(=O)Nc2ccccc2C)c1. The maximum Gasteiger partial charge on any atom is 0.261 e. The number of hydrogen-bond donors (Lipinski definition) is 1. The first-order valence-electron chi connectivity index (χ1n) is 8.86. The van der Waals surface area contributed by atoms with Crippen LogP contribution in [0.25, 0.3) is 0 Å². The number of hydrogen-bond acceptors (Lipinski definition) is 3. The van der Waals surface area contributed by atoms with Gasteiger partial charge in [0, 0.05) is 18.7 Å². The van der Waals surface area contributed by atoms with E-state index in [1.807, 2.05) is 32.9 Å². The van der Waals surface area contributed by atoms with Gasteiger partial charge in [0.05, 0.1) is 10.6 Å². The van der Waals surface area contributed by atoms with E-state index in [4.69, 9.17) is 0 Å². The van der Waals surface area contributed by atoms with Gasteiger partial charge < -0.3 is 4.90 Å². The first kappa shape index (κ1) is 20.0. The quantitative estimate of drug-likeness (QED) is 0.758. The van der Waals surface area contributed by atoms with Crippen LogP contribution >= 0.6 is 0 Å². The zero-order chi connectivity index (χ0) is 19.2. The van der Waals surface area contributed by atoms with E-state index in [1.54, 1.807) is 29.2 Å². The molecule has 1 N–H and O–H groups in total. The lowest BCUT2D eigenvalue weighted by atomic mass is 10.2. The van der Waals surface area contributed by atoms with Crippen molar-refractivity contribution in [1.29, 1.82) is 0 Å². The van der Waals surface area contributed by atoms with Crippen LogP contribution < -0.4 is 4.72 Å². The van der Waals surface area contributed by atoms with Gasteiger partial charge in [-0.3, -0.25) is 9.52 Å². The number of rotatable bonds is 8.